The molecule has 0 bridgehead atoms. The highest BCUT2D eigenvalue weighted by Crippen LogP contribution is 2.29. The molecule has 1 aliphatic heterocycles. The normalized spacial score (nSPS) is 12.8. The number of amides is 3. The van der Waals surface area contributed by atoms with E-state index in [0.717, 1.165) is 10.6 Å². The second-order valence-electron chi connectivity index (χ2n) is 7.19. The Labute approximate surface area is 174 Å². The number of fused-ring (bicyclic) bond motifs is 1. The first-order valence-corrected chi connectivity index (χ1v) is 9.60. The van der Waals surface area contributed by atoms with Crippen LogP contribution >= 0.6 is 0 Å². The van der Waals surface area contributed by atoms with Gasteiger partial charge in [0.05, 0.1) is 22.9 Å². The van der Waals surface area contributed by atoms with Crippen LogP contribution in [0.5, 0.6) is 5.75 Å². The van der Waals surface area contributed by atoms with Crippen LogP contribution in [0.4, 0.5) is 11.4 Å². The minimum atomic E-state index is -0.395. The Morgan fingerprint density at radius 3 is 2.10 bits per heavy atom. The third-order valence-electron chi connectivity index (χ3n) is 4.64. The number of nitrogens with one attached hydrogen (secondary N) is 1. The molecule has 1 N–H and O–H groups in total. The number of imide groups is 1. The molecule has 0 atom stereocenters. The summed E-state index contributed by atoms with van der Waals surface area (Å²) in [4.78, 5) is 39.2. The van der Waals surface area contributed by atoms with E-state index in [1.54, 1.807) is 66.7 Å². The predicted molar refractivity (Wildman–Crippen MR) is 114 cm³/mol. The molecule has 3 amide bonds. The van der Waals surface area contributed by atoms with Gasteiger partial charge in [0, 0.05) is 11.3 Å². The number of rotatable bonds is 5. The molecule has 30 heavy (non-hydrogen) atoms. The molecule has 0 radical (unpaired) electrons. The summed E-state index contributed by atoms with van der Waals surface area (Å²) in [6.07, 6.45) is 0.0651. The van der Waals surface area contributed by atoms with Crippen molar-refractivity contribution < 1.29 is 19.1 Å². The number of carbonyl (C=O) groups excluding carboxylic acids is 3. The molecule has 4 rings (SSSR count). The molecule has 3 aromatic rings. The van der Waals surface area contributed by atoms with E-state index in [2.05, 4.69) is 5.32 Å². The quantitative estimate of drug-likeness (QED) is 0.639. The van der Waals surface area contributed by atoms with Gasteiger partial charge in [0.25, 0.3) is 17.7 Å². The Bertz CT molecular complexity index is 1100. The Morgan fingerprint density at radius 2 is 1.50 bits per heavy atom. The average molecular weight is 400 g/mol. The van der Waals surface area contributed by atoms with Crippen molar-refractivity contribution in [2.75, 3.05) is 10.2 Å². The van der Waals surface area contributed by atoms with Crippen LogP contribution in [0.2, 0.25) is 0 Å². The van der Waals surface area contributed by atoms with Crippen LogP contribution in [0.25, 0.3) is 0 Å². The van der Waals surface area contributed by atoms with Crippen molar-refractivity contribution in [3.8, 4) is 5.75 Å². The lowest BCUT2D eigenvalue weighted by Crippen LogP contribution is -2.29. The van der Waals surface area contributed by atoms with Crippen molar-refractivity contribution >= 4 is 29.1 Å². The van der Waals surface area contributed by atoms with Crippen molar-refractivity contribution in [2.24, 2.45) is 0 Å². The summed E-state index contributed by atoms with van der Waals surface area (Å²) >= 11 is 0. The van der Waals surface area contributed by atoms with E-state index in [1.165, 1.54) is 6.07 Å². The highest BCUT2D eigenvalue weighted by atomic mass is 16.5. The van der Waals surface area contributed by atoms with Gasteiger partial charge in [0.1, 0.15) is 5.75 Å². The summed E-state index contributed by atoms with van der Waals surface area (Å²) in [6.45, 7) is 3.88. The molecule has 6 heteroatoms. The fraction of sp³-hybridized carbons (Fsp3) is 0.125. The fourth-order valence-corrected chi connectivity index (χ4v) is 3.30. The number of carbonyl (C=O) groups is 3. The van der Waals surface area contributed by atoms with Gasteiger partial charge in [0.15, 0.2) is 0 Å². The highest BCUT2D eigenvalue weighted by molar-refractivity contribution is 6.34. The first-order valence-electron chi connectivity index (χ1n) is 9.60. The summed E-state index contributed by atoms with van der Waals surface area (Å²) < 4.78 is 5.60. The van der Waals surface area contributed by atoms with E-state index in [9.17, 15) is 14.4 Å². The Morgan fingerprint density at radius 1 is 0.867 bits per heavy atom. The topological polar surface area (TPSA) is 75.7 Å². The van der Waals surface area contributed by atoms with Crippen LogP contribution in [0.3, 0.4) is 0 Å². The summed E-state index contributed by atoms with van der Waals surface area (Å²) in [5, 5.41) is 2.81. The van der Waals surface area contributed by atoms with Crippen molar-refractivity contribution in [3.05, 3.63) is 89.5 Å². The van der Waals surface area contributed by atoms with Crippen molar-refractivity contribution in [1.29, 1.82) is 0 Å². The van der Waals surface area contributed by atoms with Gasteiger partial charge in [-0.3, -0.25) is 14.4 Å². The molecule has 0 aliphatic carbocycles. The van der Waals surface area contributed by atoms with Crippen LogP contribution in [-0.2, 0) is 0 Å². The van der Waals surface area contributed by atoms with Gasteiger partial charge in [-0.05, 0) is 68.4 Å². The monoisotopic (exact) mass is 400 g/mol. The Kier molecular flexibility index (Phi) is 5.06. The van der Waals surface area contributed by atoms with Gasteiger partial charge in [-0.2, -0.15) is 0 Å². The summed E-state index contributed by atoms with van der Waals surface area (Å²) in [6, 6.07) is 20.2. The lowest BCUT2D eigenvalue weighted by molar-refractivity contribution is 0.0924. The van der Waals surface area contributed by atoms with Gasteiger partial charge in [-0.1, -0.05) is 18.2 Å². The Hall–Kier alpha value is -3.93. The van der Waals surface area contributed by atoms with E-state index >= 15 is 0 Å². The maximum atomic E-state index is 12.7. The van der Waals surface area contributed by atoms with Crippen LogP contribution in [0.1, 0.15) is 44.9 Å². The molecular weight excluding hydrogens is 380 g/mol. The van der Waals surface area contributed by atoms with E-state index in [0.29, 0.717) is 28.1 Å². The Balaban J connectivity index is 1.53. The molecule has 0 saturated heterocycles. The van der Waals surface area contributed by atoms with Gasteiger partial charge in [-0.15, -0.1) is 0 Å². The third-order valence-corrected chi connectivity index (χ3v) is 4.64. The van der Waals surface area contributed by atoms with E-state index in [1.807, 2.05) is 13.8 Å². The molecule has 6 nitrogen and oxygen atoms in total. The minimum Gasteiger partial charge on any atom is -0.491 e. The summed E-state index contributed by atoms with van der Waals surface area (Å²) in [5.74, 6) is -0.413. The molecule has 0 unspecified atom stereocenters. The zero-order chi connectivity index (χ0) is 21.3. The zero-order valence-electron chi connectivity index (χ0n) is 16.6. The van der Waals surface area contributed by atoms with E-state index < -0.39 is 11.8 Å². The zero-order valence-corrected chi connectivity index (χ0v) is 16.6. The molecule has 1 heterocycles. The van der Waals surface area contributed by atoms with Crippen LogP contribution in [0, 0.1) is 0 Å². The highest BCUT2D eigenvalue weighted by Gasteiger charge is 2.36. The second-order valence-corrected chi connectivity index (χ2v) is 7.19. The molecule has 0 fully saturated rings. The number of benzene rings is 3. The first-order chi connectivity index (χ1) is 14.4. The predicted octanol–water partition coefficient (Wildman–Crippen LogP) is 4.53. The summed E-state index contributed by atoms with van der Waals surface area (Å²) in [5.41, 5.74) is 2.03. The fourth-order valence-electron chi connectivity index (χ4n) is 3.30. The molecular formula is C24H20N2O4. The number of nitrogens with zero attached hydrogens (tertiary/aromatic N) is 1. The average Bonchev–Trinajstić information content (AvgIpc) is 3.00. The van der Waals surface area contributed by atoms with E-state index in [-0.39, 0.29) is 12.0 Å². The lowest BCUT2D eigenvalue weighted by Gasteiger charge is -2.15. The maximum absolute atomic E-state index is 12.7. The van der Waals surface area contributed by atoms with Crippen molar-refractivity contribution in [3.63, 3.8) is 0 Å². The number of hydrogen-bond donors (Lipinski definition) is 1. The summed E-state index contributed by atoms with van der Waals surface area (Å²) in [7, 11) is 0. The molecule has 1 aliphatic rings. The van der Waals surface area contributed by atoms with Gasteiger partial charge < -0.3 is 10.1 Å². The standard InChI is InChI=1S/C24H20N2O4/c1-15(2)30-19-12-10-17(11-13-19)25-22(27)16-6-5-7-18(14-16)26-23(28)20-8-3-4-9-21(20)24(26)29/h3-15H,1-2H3,(H,25,27). The minimum absolute atomic E-state index is 0.0651. The van der Waals surface area contributed by atoms with Crippen molar-refractivity contribution in [2.45, 2.75) is 20.0 Å². The number of hydrogen-bond acceptors (Lipinski definition) is 4. The smallest absolute Gasteiger partial charge is 0.266 e. The molecule has 150 valence electrons. The number of anilines is 2. The van der Waals surface area contributed by atoms with Crippen LogP contribution < -0.4 is 15.0 Å². The molecule has 0 spiro atoms. The largest absolute Gasteiger partial charge is 0.491 e. The SMILES string of the molecule is CC(C)Oc1ccc(NC(=O)c2cccc(N3C(=O)c4ccccc4C3=O)c2)cc1. The first kappa shape index (κ1) is 19.4. The van der Waals surface area contributed by atoms with Crippen LogP contribution in [-0.4, -0.2) is 23.8 Å². The van der Waals surface area contributed by atoms with Crippen molar-refractivity contribution in [1.82, 2.24) is 0 Å². The maximum Gasteiger partial charge on any atom is 0.266 e. The molecule has 3 aromatic carbocycles. The second kappa shape index (κ2) is 7.83. The molecule has 0 aromatic heterocycles. The van der Waals surface area contributed by atoms with Gasteiger partial charge >= 0.3 is 0 Å². The molecule has 0 saturated carbocycles. The third kappa shape index (κ3) is 3.67. The van der Waals surface area contributed by atoms with Gasteiger partial charge in [-0.25, -0.2) is 4.90 Å². The number of ether oxygens (including phenoxy) is 1. The lowest BCUT2D eigenvalue weighted by atomic mass is 10.1. The van der Waals surface area contributed by atoms with Gasteiger partial charge in [0.2, 0.25) is 0 Å². The van der Waals surface area contributed by atoms with E-state index in [4.69, 9.17) is 4.74 Å². The van der Waals surface area contributed by atoms with Crippen LogP contribution in [0.15, 0.2) is 72.8 Å².